The van der Waals surface area contributed by atoms with Crippen molar-refractivity contribution in [3.8, 4) is 34.4 Å². The van der Waals surface area contributed by atoms with Gasteiger partial charge in [0, 0.05) is 49.5 Å². The second-order valence-electron chi connectivity index (χ2n) is 10.9. The van der Waals surface area contributed by atoms with Gasteiger partial charge in [-0.15, -0.1) is 0 Å². The summed E-state index contributed by atoms with van der Waals surface area (Å²) < 4.78 is 4.38. The summed E-state index contributed by atoms with van der Waals surface area (Å²) in [5.74, 6) is 1.66. The predicted octanol–water partition coefficient (Wildman–Crippen LogP) is 4.55. The number of nitriles is 1. The van der Waals surface area contributed by atoms with Gasteiger partial charge in [-0.1, -0.05) is 12.1 Å². The Bertz CT molecular complexity index is 1590. The molecule has 7 heteroatoms. The molecule has 37 heavy (non-hydrogen) atoms. The van der Waals surface area contributed by atoms with Crippen LogP contribution in [0, 0.1) is 22.7 Å². The number of hydrogen-bond acceptors (Lipinski definition) is 4. The van der Waals surface area contributed by atoms with Gasteiger partial charge >= 0.3 is 0 Å². The van der Waals surface area contributed by atoms with Crippen molar-refractivity contribution in [2.24, 2.45) is 11.3 Å². The van der Waals surface area contributed by atoms with Crippen molar-refractivity contribution in [3.05, 3.63) is 78.2 Å². The third-order valence-electron chi connectivity index (χ3n) is 8.36. The number of hydrogen-bond donors (Lipinski definition) is 0. The maximum atomic E-state index is 13.5. The largest absolute Gasteiger partial charge is 0.340 e. The molecule has 3 aliphatic rings. The summed E-state index contributed by atoms with van der Waals surface area (Å²) in [5, 5.41) is 9.15. The first kappa shape index (κ1) is 22.1. The summed E-state index contributed by atoms with van der Waals surface area (Å²) in [4.78, 5) is 22.4. The summed E-state index contributed by atoms with van der Waals surface area (Å²) in [6.45, 7) is 2.45. The second kappa shape index (κ2) is 7.92. The average molecular weight is 489 g/mol. The van der Waals surface area contributed by atoms with Gasteiger partial charge in [-0.2, -0.15) is 5.26 Å². The predicted molar refractivity (Wildman–Crippen MR) is 142 cm³/mol. The molecule has 1 aliphatic carbocycles. The van der Waals surface area contributed by atoms with Gasteiger partial charge in [-0.25, -0.2) is 4.98 Å². The van der Waals surface area contributed by atoms with E-state index in [0.29, 0.717) is 23.9 Å². The van der Waals surface area contributed by atoms with Crippen LogP contribution in [0.2, 0.25) is 0 Å². The highest BCUT2D eigenvalue weighted by molar-refractivity contribution is 6.02. The fraction of sp³-hybridized carbons (Fsp3) is 0.300. The number of carbonyl (C=O) groups is 1. The van der Waals surface area contributed by atoms with Crippen LogP contribution in [0.1, 0.15) is 24.0 Å². The fourth-order valence-corrected chi connectivity index (χ4v) is 6.36. The van der Waals surface area contributed by atoms with Gasteiger partial charge in [0.1, 0.15) is 0 Å². The molecule has 2 atom stereocenters. The lowest BCUT2D eigenvalue weighted by Crippen LogP contribution is -2.30. The minimum atomic E-state index is -0.155. The zero-order chi connectivity index (χ0) is 25.3. The number of aromatic nitrogens is 3. The molecule has 184 valence electrons. The molecule has 2 fully saturated rings. The number of rotatable bonds is 4. The van der Waals surface area contributed by atoms with Crippen molar-refractivity contribution in [1.29, 1.82) is 5.26 Å². The van der Waals surface area contributed by atoms with E-state index in [4.69, 9.17) is 10.2 Å². The molecule has 1 spiro atoms. The molecule has 2 unspecified atom stereocenters. The van der Waals surface area contributed by atoms with Crippen LogP contribution >= 0.6 is 0 Å². The topological polar surface area (TPSA) is 70.1 Å². The van der Waals surface area contributed by atoms with Crippen LogP contribution in [0.25, 0.3) is 28.3 Å². The highest BCUT2D eigenvalue weighted by Crippen LogP contribution is 2.60. The molecule has 4 heterocycles. The van der Waals surface area contributed by atoms with E-state index in [-0.39, 0.29) is 5.41 Å². The Labute approximate surface area is 216 Å². The smallest absolute Gasteiger partial charge is 0.233 e. The lowest BCUT2D eigenvalue weighted by molar-refractivity contribution is -0.122. The second-order valence-corrected chi connectivity index (χ2v) is 10.9. The summed E-state index contributed by atoms with van der Waals surface area (Å²) in [7, 11) is 4.17. The van der Waals surface area contributed by atoms with Crippen molar-refractivity contribution in [1.82, 2.24) is 19.0 Å². The molecule has 0 N–H and O–H groups in total. The number of nitrogens with zero attached hydrogens (tertiary/aromatic N) is 6. The number of fused-ring (bicyclic) bond motifs is 5. The molecule has 2 aromatic carbocycles. The van der Waals surface area contributed by atoms with Crippen LogP contribution in [0.4, 0.5) is 5.69 Å². The van der Waals surface area contributed by atoms with Crippen LogP contribution in [-0.4, -0.2) is 52.1 Å². The first-order valence-electron chi connectivity index (χ1n) is 12.8. The van der Waals surface area contributed by atoms with Crippen molar-refractivity contribution >= 4 is 11.6 Å². The minimum absolute atomic E-state index is 0.155. The van der Waals surface area contributed by atoms with Gasteiger partial charge in [0.25, 0.3) is 0 Å². The molecule has 7 rings (SSSR count). The summed E-state index contributed by atoms with van der Waals surface area (Å²) in [6.07, 6.45) is 7.95. The maximum absolute atomic E-state index is 13.5. The third-order valence-corrected chi connectivity index (χ3v) is 8.36. The van der Waals surface area contributed by atoms with E-state index in [1.807, 2.05) is 41.6 Å². The van der Waals surface area contributed by atoms with Crippen LogP contribution < -0.4 is 4.90 Å². The Balaban J connectivity index is 1.24. The van der Waals surface area contributed by atoms with Gasteiger partial charge in [0.05, 0.1) is 28.4 Å². The molecule has 0 radical (unpaired) electrons. The zero-order valence-electron chi connectivity index (χ0n) is 21.1. The van der Waals surface area contributed by atoms with Crippen molar-refractivity contribution in [2.45, 2.75) is 19.4 Å². The zero-order valence-corrected chi connectivity index (χ0v) is 21.1. The Morgan fingerprint density at radius 1 is 1.14 bits per heavy atom. The van der Waals surface area contributed by atoms with Crippen molar-refractivity contribution in [3.63, 3.8) is 0 Å². The number of carbonyl (C=O) groups excluding carboxylic acids is 1. The Morgan fingerprint density at radius 3 is 2.76 bits per heavy atom. The van der Waals surface area contributed by atoms with Crippen LogP contribution in [-0.2, 0) is 11.3 Å². The molecular weight excluding hydrogens is 460 g/mol. The first-order valence-corrected chi connectivity index (χ1v) is 12.8. The first-order chi connectivity index (χ1) is 18.0. The molecule has 4 aromatic rings. The number of benzene rings is 2. The van der Waals surface area contributed by atoms with Gasteiger partial charge < -0.3 is 14.4 Å². The van der Waals surface area contributed by atoms with E-state index in [2.05, 4.69) is 64.7 Å². The van der Waals surface area contributed by atoms with Gasteiger partial charge in [0.15, 0.2) is 5.82 Å². The number of anilines is 1. The third kappa shape index (κ3) is 3.36. The lowest BCUT2D eigenvalue weighted by Gasteiger charge is -2.20. The maximum Gasteiger partial charge on any atom is 0.233 e. The fourth-order valence-electron chi connectivity index (χ4n) is 6.36. The minimum Gasteiger partial charge on any atom is -0.340 e. The van der Waals surface area contributed by atoms with Gasteiger partial charge in [0.2, 0.25) is 5.91 Å². The molecule has 0 bridgehead atoms. The number of imidazole rings is 1. The summed E-state index contributed by atoms with van der Waals surface area (Å²) >= 11 is 0. The average Bonchev–Trinajstić information content (AvgIpc) is 3.21. The Kier molecular flexibility index (Phi) is 4.73. The summed E-state index contributed by atoms with van der Waals surface area (Å²) in [5.41, 5.74) is 6.94. The number of amides is 1. The van der Waals surface area contributed by atoms with Crippen LogP contribution in [0.5, 0.6) is 0 Å². The van der Waals surface area contributed by atoms with E-state index in [1.165, 1.54) is 0 Å². The lowest BCUT2D eigenvalue weighted by atomic mass is 10.0. The van der Waals surface area contributed by atoms with Crippen molar-refractivity contribution < 1.29 is 4.79 Å². The molecule has 2 aliphatic heterocycles. The highest BCUT2D eigenvalue weighted by atomic mass is 16.2. The van der Waals surface area contributed by atoms with Crippen molar-refractivity contribution in [2.75, 3.05) is 32.1 Å². The van der Waals surface area contributed by atoms with E-state index in [1.54, 1.807) is 0 Å². The van der Waals surface area contributed by atoms with E-state index < -0.39 is 0 Å². The standard InChI is InChI=1S/C30H28N6O/c1-33(2)19-24-15-30(24)9-11-35(29(30)37)25-7-8-26-23(13-25)18-34-17-22(21-5-3-20(16-31)4-6-21)14-27(34)28-32-10-12-36(26)28/h3-8,10,12-14,17,24H,9,11,15,18-19H2,1-2H3. The molecular formula is C30H28N6O. The molecule has 1 saturated carbocycles. The van der Waals surface area contributed by atoms with E-state index in [9.17, 15) is 4.79 Å². The molecule has 2 aromatic heterocycles. The Hall–Kier alpha value is -4.15. The van der Waals surface area contributed by atoms with Gasteiger partial charge in [-0.3, -0.25) is 9.36 Å². The SMILES string of the molecule is CN(C)CC1CC12CCN(c1ccc3c(c1)Cn1cc(-c4ccc(C#N)cc4)cc1-c1nccn1-3)C2=O. The van der Waals surface area contributed by atoms with E-state index >= 15 is 0 Å². The molecule has 1 amide bonds. The molecule has 7 nitrogen and oxygen atoms in total. The van der Waals surface area contributed by atoms with Crippen LogP contribution in [0.3, 0.4) is 0 Å². The summed E-state index contributed by atoms with van der Waals surface area (Å²) in [6, 6.07) is 18.4. The Morgan fingerprint density at radius 2 is 1.97 bits per heavy atom. The normalized spacial score (nSPS) is 21.5. The monoisotopic (exact) mass is 488 g/mol. The highest BCUT2D eigenvalue weighted by Gasteiger charge is 2.63. The molecule has 1 saturated heterocycles. The van der Waals surface area contributed by atoms with E-state index in [0.717, 1.165) is 65.5 Å². The van der Waals surface area contributed by atoms with Crippen LogP contribution in [0.15, 0.2) is 67.1 Å². The quantitative estimate of drug-likeness (QED) is 0.372. The van der Waals surface area contributed by atoms with Gasteiger partial charge in [-0.05, 0) is 80.4 Å².